The Morgan fingerprint density at radius 2 is 1.72 bits per heavy atom. The van der Waals surface area contributed by atoms with Gasteiger partial charge in [0.25, 0.3) is 23.6 Å². The van der Waals surface area contributed by atoms with Crippen LogP contribution in [0.1, 0.15) is 41.6 Å². The van der Waals surface area contributed by atoms with Crippen LogP contribution in [0.2, 0.25) is 5.02 Å². The van der Waals surface area contributed by atoms with Gasteiger partial charge in [0.1, 0.15) is 0 Å². The Morgan fingerprint density at radius 3 is 2.44 bits per heavy atom. The summed E-state index contributed by atoms with van der Waals surface area (Å²) < 4.78 is 9.75. The molecule has 2 aromatic carbocycles. The largest absolute Gasteiger partial charge is 0.459 e. The molecule has 0 spiro atoms. The molecule has 4 rings (SSSR count). The zero-order valence-electron chi connectivity index (χ0n) is 16.2. The van der Waals surface area contributed by atoms with Crippen LogP contribution < -0.4 is 10.2 Å². The number of fused-ring (bicyclic) bond motifs is 1. The Kier molecular flexibility index (Phi) is 5.57. The summed E-state index contributed by atoms with van der Waals surface area (Å²) in [6.07, 6.45) is 1.27. The lowest BCUT2D eigenvalue weighted by Crippen LogP contribution is -2.34. The van der Waals surface area contributed by atoms with Gasteiger partial charge in [-0.25, -0.2) is 9.69 Å². The minimum Gasteiger partial charge on any atom is -0.459 e. The standard InChI is InChI=1S/C22H13ClN2O7/c23-15-4-1-2-5-16(15)25-20(28)13-8-7-12(10-14(13)21(25)29)22(30)32-11-18(26)24-19(27)17-6-3-9-31-17/h1-10H,11H2,(H,24,26,27). The van der Waals surface area contributed by atoms with Crippen molar-refractivity contribution in [2.24, 2.45) is 0 Å². The van der Waals surface area contributed by atoms with Crippen molar-refractivity contribution < 1.29 is 33.1 Å². The van der Waals surface area contributed by atoms with Gasteiger partial charge < -0.3 is 9.15 Å². The molecule has 10 heteroatoms. The first-order valence-corrected chi connectivity index (χ1v) is 9.57. The number of nitrogens with one attached hydrogen (secondary N) is 1. The molecule has 160 valence electrons. The molecule has 1 aliphatic rings. The van der Waals surface area contributed by atoms with Crippen molar-refractivity contribution in [3.05, 3.63) is 88.3 Å². The third kappa shape index (κ3) is 3.88. The molecule has 32 heavy (non-hydrogen) atoms. The summed E-state index contributed by atoms with van der Waals surface area (Å²) >= 11 is 6.11. The van der Waals surface area contributed by atoms with E-state index < -0.39 is 36.2 Å². The number of carbonyl (C=O) groups is 5. The van der Waals surface area contributed by atoms with Crippen molar-refractivity contribution in [1.82, 2.24) is 5.32 Å². The number of carbonyl (C=O) groups excluding carboxylic acids is 5. The second kappa shape index (κ2) is 8.48. The molecular formula is C22H13ClN2O7. The van der Waals surface area contributed by atoms with Gasteiger partial charge in [0.05, 0.1) is 33.7 Å². The molecule has 9 nitrogen and oxygen atoms in total. The quantitative estimate of drug-likeness (QED) is 0.466. The maximum absolute atomic E-state index is 12.8. The van der Waals surface area contributed by atoms with Crippen molar-refractivity contribution in [2.45, 2.75) is 0 Å². The van der Waals surface area contributed by atoms with E-state index in [-0.39, 0.29) is 33.2 Å². The number of esters is 1. The van der Waals surface area contributed by atoms with Crippen molar-refractivity contribution in [1.29, 1.82) is 0 Å². The molecule has 0 atom stereocenters. The number of benzene rings is 2. The van der Waals surface area contributed by atoms with Gasteiger partial charge in [0.15, 0.2) is 12.4 Å². The Morgan fingerprint density at radius 1 is 0.969 bits per heavy atom. The molecule has 0 fully saturated rings. The lowest BCUT2D eigenvalue weighted by Gasteiger charge is -2.15. The normalized spacial score (nSPS) is 12.5. The van der Waals surface area contributed by atoms with Crippen LogP contribution in [0.15, 0.2) is 65.3 Å². The van der Waals surface area contributed by atoms with E-state index in [1.165, 1.54) is 42.7 Å². The topological polar surface area (TPSA) is 123 Å². The summed E-state index contributed by atoms with van der Waals surface area (Å²) in [5.41, 5.74) is 0.286. The first-order valence-electron chi connectivity index (χ1n) is 9.19. The van der Waals surface area contributed by atoms with Gasteiger partial charge in [-0.05, 0) is 42.5 Å². The highest BCUT2D eigenvalue weighted by atomic mass is 35.5. The van der Waals surface area contributed by atoms with Gasteiger partial charge in [0, 0.05) is 0 Å². The van der Waals surface area contributed by atoms with Crippen LogP contribution in [0.4, 0.5) is 5.69 Å². The van der Waals surface area contributed by atoms with Crippen LogP contribution >= 0.6 is 11.6 Å². The molecule has 0 radical (unpaired) electrons. The van der Waals surface area contributed by atoms with E-state index in [2.05, 4.69) is 0 Å². The van der Waals surface area contributed by atoms with E-state index >= 15 is 0 Å². The molecular weight excluding hydrogens is 440 g/mol. The molecule has 0 unspecified atom stereocenters. The fourth-order valence-corrected chi connectivity index (χ4v) is 3.29. The number of nitrogens with zero attached hydrogens (tertiary/aromatic N) is 1. The summed E-state index contributed by atoms with van der Waals surface area (Å²) in [5, 5.41) is 2.23. The van der Waals surface area contributed by atoms with Gasteiger partial charge in [-0.1, -0.05) is 23.7 Å². The van der Waals surface area contributed by atoms with E-state index in [4.69, 9.17) is 20.8 Å². The van der Waals surface area contributed by atoms with E-state index in [9.17, 15) is 24.0 Å². The number of rotatable bonds is 5. The maximum atomic E-state index is 12.8. The third-order valence-electron chi connectivity index (χ3n) is 4.55. The Hall–Kier alpha value is -4.24. The highest BCUT2D eigenvalue weighted by Crippen LogP contribution is 2.33. The molecule has 1 aliphatic heterocycles. The second-order valence-corrected chi connectivity index (χ2v) is 7.00. The molecule has 1 aromatic heterocycles. The lowest BCUT2D eigenvalue weighted by atomic mass is 10.1. The summed E-state index contributed by atoms with van der Waals surface area (Å²) in [5.74, 6) is -3.85. The number of anilines is 1. The molecule has 0 saturated heterocycles. The monoisotopic (exact) mass is 452 g/mol. The average Bonchev–Trinajstić information content (AvgIpc) is 3.40. The van der Waals surface area contributed by atoms with E-state index in [0.29, 0.717) is 0 Å². The highest BCUT2D eigenvalue weighted by molar-refractivity contribution is 6.39. The van der Waals surface area contributed by atoms with E-state index in [1.54, 1.807) is 18.2 Å². The van der Waals surface area contributed by atoms with Gasteiger partial charge in [-0.3, -0.25) is 24.5 Å². The first-order chi connectivity index (χ1) is 15.4. The first kappa shape index (κ1) is 21.0. The maximum Gasteiger partial charge on any atom is 0.338 e. The number of furan rings is 1. The predicted molar refractivity (Wildman–Crippen MR) is 110 cm³/mol. The fraction of sp³-hybridized carbons (Fsp3) is 0.0455. The number of hydrogen-bond donors (Lipinski definition) is 1. The number of para-hydroxylation sites is 1. The average molecular weight is 453 g/mol. The summed E-state index contributed by atoms with van der Waals surface area (Å²) in [4.78, 5) is 62.3. The van der Waals surface area contributed by atoms with Crippen LogP contribution in [0.5, 0.6) is 0 Å². The number of amides is 4. The minimum atomic E-state index is -0.912. The third-order valence-corrected chi connectivity index (χ3v) is 4.87. The van der Waals surface area contributed by atoms with Crippen molar-refractivity contribution in [2.75, 3.05) is 11.5 Å². The number of ether oxygens (including phenoxy) is 1. The smallest absolute Gasteiger partial charge is 0.338 e. The second-order valence-electron chi connectivity index (χ2n) is 6.59. The molecule has 1 N–H and O–H groups in total. The van der Waals surface area contributed by atoms with Crippen molar-refractivity contribution in [3.63, 3.8) is 0 Å². The number of hydrogen-bond acceptors (Lipinski definition) is 7. The molecule has 0 aliphatic carbocycles. The Labute approximate surface area is 185 Å². The summed E-state index contributed by atoms with van der Waals surface area (Å²) in [7, 11) is 0. The van der Waals surface area contributed by atoms with Crippen LogP contribution in [0.3, 0.4) is 0 Å². The molecule has 3 aromatic rings. The van der Waals surface area contributed by atoms with Crippen LogP contribution in [-0.2, 0) is 9.53 Å². The van der Waals surface area contributed by atoms with E-state index in [0.717, 1.165) is 4.90 Å². The predicted octanol–water partition coefficient (Wildman–Crippen LogP) is 2.85. The lowest BCUT2D eigenvalue weighted by molar-refractivity contribution is -0.123. The zero-order chi connectivity index (χ0) is 22.8. The molecule has 4 amide bonds. The number of halogens is 1. The van der Waals surface area contributed by atoms with Crippen molar-refractivity contribution in [3.8, 4) is 0 Å². The Bertz CT molecular complexity index is 1270. The van der Waals surface area contributed by atoms with Crippen LogP contribution in [-0.4, -0.2) is 36.2 Å². The van der Waals surface area contributed by atoms with E-state index in [1.807, 2.05) is 5.32 Å². The van der Waals surface area contributed by atoms with Gasteiger partial charge in [-0.15, -0.1) is 0 Å². The van der Waals surface area contributed by atoms with Crippen molar-refractivity contribution >= 4 is 46.9 Å². The highest BCUT2D eigenvalue weighted by Gasteiger charge is 2.38. The molecule has 0 bridgehead atoms. The SMILES string of the molecule is O=C(COC(=O)c1ccc2c(c1)C(=O)N(c1ccccc1Cl)C2=O)NC(=O)c1ccco1. The fourth-order valence-electron chi connectivity index (χ4n) is 3.07. The molecule has 2 heterocycles. The summed E-state index contributed by atoms with van der Waals surface area (Å²) in [6, 6.07) is 13.0. The minimum absolute atomic E-state index is 0.00168. The van der Waals surface area contributed by atoms with Gasteiger partial charge in [0.2, 0.25) is 0 Å². The zero-order valence-corrected chi connectivity index (χ0v) is 16.9. The van der Waals surface area contributed by atoms with Gasteiger partial charge in [-0.2, -0.15) is 0 Å². The molecule has 0 saturated carbocycles. The summed E-state index contributed by atoms with van der Waals surface area (Å²) in [6.45, 7) is -0.735. The van der Waals surface area contributed by atoms with Crippen LogP contribution in [0, 0.1) is 0 Å². The van der Waals surface area contributed by atoms with Gasteiger partial charge >= 0.3 is 5.97 Å². The number of imide groups is 2. The Balaban J connectivity index is 1.45. The van der Waals surface area contributed by atoms with Crippen LogP contribution in [0.25, 0.3) is 0 Å².